The highest BCUT2D eigenvalue weighted by Gasteiger charge is 1.96. The summed E-state index contributed by atoms with van der Waals surface area (Å²) in [6.07, 6.45) is 1.69. The molecule has 0 N–H and O–H groups in total. The van der Waals surface area contributed by atoms with Crippen molar-refractivity contribution >= 4 is 11.6 Å². The first kappa shape index (κ1) is 17.9. The number of carbonyl (C=O) groups is 2. The first-order chi connectivity index (χ1) is 7.51. The van der Waals surface area contributed by atoms with Crippen molar-refractivity contribution in [1.29, 1.82) is 0 Å². The molecule has 1 aromatic rings. The van der Waals surface area contributed by atoms with Crippen LogP contribution in [0.15, 0.2) is 24.3 Å². The highest BCUT2D eigenvalue weighted by atomic mass is 16.1. The second-order valence-corrected chi connectivity index (χ2v) is 3.66. The molecule has 2 nitrogen and oxygen atoms in total. The summed E-state index contributed by atoms with van der Waals surface area (Å²) in [5.41, 5.74) is 2.07. The molecule has 0 radical (unpaired) electrons. The maximum Gasteiger partial charge on any atom is 0.159 e. The summed E-state index contributed by atoms with van der Waals surface area (Å²) in [5, 5.41) is 0. The van der Waals surface area contributed by atoms with Gasteiger partial charge in [0.1, 0.15) is 5.78 Å². The van der Waals surface area contributed by atoms with Crippen LogP contribution in [0.25, 0.3) is 0 Å². The van der Waals surface area contributed by atoms with Gasteiger partial charge in [0, 0.05) is 12.0 Å². The van der Waals surface area contributed by atoms with E-state index in [1.807, 2.05) is 31.2 Å². The topological polar surface area (TPSA) is 34.1 Å². The van der Waals surface area contributed by atoms with Gasteiger partial charge in [-0.1, -0.05) is 45.5 Å². The number of hydrogen-bond acceptors (Lipinski definition) is 2. The molecule has 0 aromatic heterocycles. The molecular formula is C15H24O2. The minimum absolute atomic E-state index is 0. The Hall–Kier alpha value is -1.44. The monoisotopic (exact) mass is 236 g/mol. The van der Waals surface area contributed by atoms with Gasteiger partial charge in [0.05, 0.1) is 0 Å². The summed E-state index contributed by atoms with van der Waals surface area (Å²) in [5.74, 6) is 0.387. The Morgan fingerprint density at radius 1 is 1.00 bits per heavy atom. The summed E-state index contributed by atoms with van der Waals surface area (Å²) in [6.45, 7) is 7.12. The summed E-state index contributed by atoms with van der Waals surface area (Å²) >= 11 is 0. The maximum absolute atomic E-state index is 10.8. The molecule has 0 heterocycles. The standard InChI is InChI=1S/C10H12O.C4H8O.CH4/c1-3-9-4-6-10(7-5-9)8(2)11;1-3-4(2)5;/h4-7H,3H2,1-2H3;3H2,1-2H3;1H4. The van der Waals surface area contributed by atoms with Crippen LogP contribution in [0.3, 0.4) is 0 Å². The number of ketones is 2. The lowest BCUT2D eigenvalue weighted by Gasteiger charge is -1.97. The van der Waals surface area contributed by atoms with Crippen molar-refractivity contribution in [2.45, 2.75) is 48.0 Å². The second kappa shape index (κ2) is 9.76. The van der Waals surface area contributed by atoms with Gasteiger partial charge in [0.15, 0.2) is 5.78 Å². The van der Waals surface area contributed by atoms with E-state index in [4.69, 9.17) is 0 Å². The zero-order valence-electron chi connectivity index (χ0n) is 10.5. The van der Waals surface area contributed by atoms with Crippen LogP contribution in [0.1, 0.15) is 57.5 Å². The molecule has 0 fully saturated rings. The number of carbonyl (C=O) groups excluding carboxylic acids is 2. The van der Waals surface area contributed by atoms with Crippen molar-refractivity contribution < 1.29 is 9.59 Å². The molecule has 1 aromatic carbocycles. The third kappa shape index (κ3) is 8.38. The van der Waals surface area contributed by atoms with E-state index in [-0.39, 0.29) is 19.0 Å². The minimum atomic E-state index is 0. The smallest absolute Gasteiger partial charge is 0.159 e. The van der Waals surface area contributed by atoms with Crippen LogP contribution in [0.4, 0.5) is 0 Å². The molecule has 0 saturated carbocycles. The number of benzene rings is 1. The largest absolute Gasteiger partial charge is 0.300 e. The Morgan fingerprint density at radius 2 is 1.41 bits per heavy atom. The van der Waals surface area contributed by atoms with Gasteiger partial charge in [0.25, 0.3) is 0 Å². The number of rotatable bonds is 3. The van der Waals surface area contributed by atoms with Gasteiger partial charge in [0.2, 0.25) is 0 Å². The van der Waals surface area contributed by atoms with Crippen molar-refractivity contribution in [2.75, 3.05) is 0 Å². The van der Waals surface area contributed by atoms with Crippen LogP contribution in [0.5, 0.6) is 0 Å². The van der Waals surface area contributed by atoms with E-state index in [0.29, 0.717) is 6.42 Å². The van der Waals surface area contributed by atoms with Gasteiger partial charge in [-0.25, -0.2) is 0 Å². The zero-order valence-corrected chi connectivity index (χ0v) is 10.5. The molecule has 96 valence electrons. The predicted octanol–water partition coefficient (Wildman–Crippen LogP) is 4.07. The molecule has 2 heteroatoms. The van der Waals surface area contributed by atoms with Crippen molar-refractivity contribution in [1.82, 2.24) is 0 Å². The van der Waals surface area contributed by atoms with Gasteiger partial charge in [-0.05, 0) is 25.8 Å². The van der Waals surface area contributed by atoms with Crippen molar-refractivity contribution in [3.8, 4) is 0 Å². The molecule has 0 aliphatic rings. The molecule has 0 saturated heterocycles. The number of aryl methyl sites for hydroxylation is 1. The zero-order chi connectivity index (χ0) is 12.6. The summed E-state index contributed by atoms with van der Waals surface area (Å²) < 4.78 is 0. The van der Waals surface area contributed by atoms with Crippen LogP contribution in [-0.2, 0) is 11.2 Å². The fraction of sp³-hybridized carbons (Fsp3) is 0.467. The van der Waals surface area contributed by atoms with Crippen LogP contribution < -0.4 is 0 Å². The molecule has 0 amide bonds. The van der Waals surface area contributed by atoms with E-state index in [9.17, 15) is 9.59 Å². The van der Waals surface area contributed by atoms with E-state index in [0.717, 1.165) is 12.0 Å². The predicted molar refractivity (Wildman–Crippen MR) is 73.5 cm³/mol. The van der Waals surface area contributed by atoms with Crippen LogP contribution in [-0.4, -0.2) is 11.6 Å². The molecule has 0 unspecified atom stereocenters. The van der Waals surface area contributed by atoms with E-state index in [2.05, 4.69) is 6.92 Å². The second-order valence-electron chi connectivity index (χ2n) is 3.66. The SMILES string of the molecule is C.CCC(C)=O.CCc1ccc(C(C)=O)cc1. The fourth-order valence-electron chi connectivity index (χ4n) is 0.975. The first-order valence-corrected chi connectivity index (χ1v) is 5.60. The van der Waals surface area contributed by atoms with E-state index in [1.165, 1.54) is 5.56 Å². The van der Waals surface area contributed by atoms with Gasteiger partial charge in [-0.3, -0.25) is 4.79 Å². The Balaban J connectivity index is 0. The lowest BCUT2D eigenvalue weighted by atomic mass is 10.1. The Labute approximate surface area is 105 Å². The molecular weight excluding hydrogens is 212 g/mol. The summed E-state index contributed by atoms with van der Waals surface area (Å²) in [4.78, 5) is 20.7. The van der Waals surface area contributed by atoms with Crippen LogP contribution in [0.2, 0.25) is 0 Å². The van der Waals surface area contributed by atoms with E-state index >= 15 is 0 Å². The molecule has 0 aliphatic carbocycles. The lowest BCUT2D eigenvalue weighted by Crippen LogP contribution is -1.91. The highest BCUT2D eigenvalue weighted by molar-refractivity contribution is 5.93. The van der Waals surface area contributed by atoms with Crippen molar-refractivity contribution in [2.24, 2.45) is 0 Å². The highest BCUT2D eigenvalue weighted by Crippen LogP contribution is 2.04. The Morgan fingerprint density at radius 3 is 1.65 bits per heavy atom. The molecule has 0 spiro atoms. The third-order valence-electron chi connectivity index (χ3n) is 2.27. The van der Waals surface area contributed by atoms with Gasteiger partial charge >= 0.3 is 0 Å². The van der Waals surface area contributed by atoms with Crippen LogP contribution >= 0.6 is 0 Å². The molecule has 0 aliphatic heterocycles. The third-order valence-corrected chi connectivity index (χ3v) is 2.27. The molecule has 17 heavy (non-hydrogen) atoms. The van der Waals surface area contributed by atoms with E-state index in [1.54, 1.807) is 13.8 Å². The average Bonchev–Trinajstić information content (AvgIpc) is 2.29. The Bertz CT molecular complexity index is 336. The fourth-order valence-corrected chi connectivity index (χ4v) is 0.975. The Kier molecular flexibility index (Phi) is 10.3. The maximum atomic E-state index is 10.8. The van der Waals surface area contributed by atoms with Gasteiger partial charge in [-0.15, -0.1) is 0 Å². The quantitative estimate of drug-likeness (QED) is 0.741. The number of hydrogen-bond donors (Lipinski definition) is 0. The summed E-state index contributed by atoms with van der Waals surface area (Å²) in [7, 11) is 0. The first-order valence-electron chi connectivity index (χ1n) is 5.60. The van der Waals surface area contributed by atoms with Gasteiger partial charge < -0.3 is 4.79 Å². The normalized spacial score (nSPS) is 8.47. The summed E-state index contributed by atoms with van der Waals surface area (Å²) in [6, 6.07) is 7.75. The minimum Gasteiger partial charge on any atom is -0.300 e. The average molecular weight is 236 g/mol. The number of Topliss-reactive ketones (excluding diaryl/α,β-unsaturated/α-hetero) is 2. The van der Waals surface area contributed by atoms with Crippen molar-refractivity contribution in [3.63, 3.8) is 0 Å². The molecule has 1 rings (SSSR count). The molecule has 0 bridgehead atoms. The van der Waals surface area contributed by atoms with E-state index < -0.39 is 0 Å². The van der Waals surface area contributed by atoms with Gasteiger partial charge in [-0.2, -0.15) is 0 Å². The lowest BCUT2D eigenvalue weighted by molar-refractivity contribution is -0.116. The molecule has 0 atom stereocenters. The van der Waals surface area contributed by atoms with Crippen LogP contribution in [0, 0.1) is 0 Å². The van der Waals surface area contributed by atoms with Crippen molar-refractivity contribution in [3.05, 3.63) is 35.4 Å².